The molecule has 0 radical (unpaired) electrons. The lowest BCUT2D eigenvalue weighted by atomic mass is 10.2. The van der Waals surface area contributed by atoms with Gasteiger partial charge in [-0.2, -0.15) is 0 Å². The normalized spacial score (nSPS) is 17.3. The number of carboxylic acid groups (broad SMARTS) is 1. The largest absolute Gasteiger partial charge is 0.476 e. The number of nitrogens with zero attached hydrogens (tertiary/aromatic N) is 3. The molecule has 2 N–H and O–H groups in total. The van der Waals surface area contributed by atoms with Gasteiger partial charge in [0.05, 0.1) is 12.2 Å². The van der Waals surface area contributed by atoms with E-state index in [1.54, 1.807) is 0 Å². The maximum absolute atomic E-state index is 10.6. The summed E-state index contributed by atoms with van der Waals surface area (Å²) in [5.41, 5.74) is 0.154. The van der Waals surface area contributed by atoms with Crippen molar-refractivity contribution in [3.8, 4) is 0 Å². The zero-order chi connectivity index (χ0) is 8.55. The van der Waals surface area contributed by atoms with E-state index in [1.165, 1.54) is 10.9 Å². The predicted octanol–water partition coefficient (Wildman–Crippen LogP) is -0.879. The first kappa shape index (κ1) is 7.23. The van der Waals surface area contributed by atoms with E-state index in [0.29, 0.717) is 0 Å². The highest BCUT2D eigenvalue weighted by atomic mass is 16.4. The maximum Gasteiger partial charge on any atom is 0.355 e. The first-order valence-electron chi connectivity index (χ1n) is 3.63. The first-order chi connectivity index (χ1) is 5.79. The molecule has 0 atom stereocenters. The number of aromatic carboxylic acids is 1. The summed E-state index contributed by atoms with van der Waals surface area (Å²) in [4.78, 5) is 10.6. The van der Waals surface area contributed by atoms with Gasteiger partial charge >= 0.3 is 5.97 Å². The molecule has 64 valence electrons. The lowest BCUT2D eigenvalue weighted by molar-refractivity contribution is 0.0677. The molecule has 0 unspecified atom stereocenters. The lowest BCUT2D eigenvalue weighted by Gasteiger charge is -2.27. The van der Waals surface area contributed by atoms with E-state index in [2.05, 4.69) is 15.6 Å². The fourth-order valence-corrected chi connectivity index (χ4v) is 1.11. The predicted molar refractivity (Wildman–Crippen MR) is 38.9 cm³/mol. The second-order valence-electron chi connectivity index (χ2n) is 2.68. The summed E-state index contributed by atoms with van der Waals surface area (Å²) in [6, 6.07) is 0.151. The number of hydrogen-bond acceptors (Lipinski definition) is 4. The first-order valence-corrected chi connectivity index (χ1v) is 3.63. The van der Waals surface area contributed by atoms with Crippen molar-refractivity contribution in [1.82, 2.24) is 20.3 Å². The summed E-state index contributed by atoms with van der Waals surface area (Å²) >= 11 is 0. The quantitative estimate of drug-likeness (QED) is 0.599. The zero-order valence-corrected chi connectivity index (χ0v) is 6.27. The number of hydrogen-bond donors (Lipinski definition) is 2. The van der Waals surface area contributed by atoms with Crippen molar-refractivity contribution in [2.45, 2.75) is 6.04 Å². The van der Waals surface area contributed by atoms with Gasteiger partial charge < -0.3 is 10.4 Å². The van der Waals surface area contributed by atoms with Crippen LogP contribution in [0.4, 0.5) is 0 Å². The standard InChI is InChI=1S/C6H8N4O2/c11-6(12)5-3-8-9-10(5)4-1-7-2-4/h3-4,7H,1-2H2,(H,11,12). The van der Waals surface area contributed by atoms with Crippen LogP contribution in [0.3, 0.4) is 0 Å². The molecule has 0 amide bonds. The van der Waals surface area contributed by atoms with E-state index in [-0.39, 0.29) is 11.7 Å². The molecule has 0 aromatic carbocycles. The van der Waals surface area contributed by atoms with Gasteiger partial charge in [-0.25, -0.2) is 9.48 Å². The van der Waals surface area contributed by atoms with Gasteiger partial charge in [-0.15, -0.1) is 5.10 Å². The van der Waals surface area contributed by atoms with Crippen LogP contribution in [0.15, 0.2) is 6.20 Å². The molecule has 0 aliphatic carbocycles. The summed E-state index contributed by atoms with van der Waals surface area (Å²) in [6.45, 7) is 1.53. The van der Waals surface area contributed by atoms with Crippen LogP contribution in [-0.4, -0.2) is 39.2 Å². The van der Waals surface area contributed by atoms with Crippen LogP contribution in [0.25, 0.3) is 0 Å². The van der Waals surface area contributed by atoms with Crippen LogP contribution in [0.1, 0.15) is 16.5 Å². The monoisotopic (exact) mass is 168 g/mol. The molecule has 6 heteroatoms. The highest BCUT2D eigenvalue weighted by molar-refractivity contribution is 5.85. The Morgan fingerprint density at radius 3 is 3.00 bits per heavy atom. The minimum atomic E-state index is -0.980. The van der Waals surface area contributed by atoms with Gasteiger partial charge in [-0.3, -0.25) is 0 Å². The van der Waals surface area contributed by atoms with Crippen molar-refractivity contribution < 1.29 is 9.90 Å². The van der Waals surface area contributed by atoms with E-state index in [0.717, 1.165) is 13.1 Å². The summed E-state index contributed by atoms with van der Waals surface area (Å²) in [6.07, 6.45) is 1.26. The minimum absolute atomic E-state index is 0.151. The molecular formula is C6H8N4O2. The average Bonchev–Trinajstić information content (AvgIpc) is 2.31. The van der Waals surface area contributed by atoms with Gasteiger partial charge in [-0.05, 0) is 0 Å². The van der Waals surface area contributed by atoms with Crippen LogP contribution in [0, 0.1) is 0 Å². The number of rotatable bonds is 2. The van der Waals surface area contributed by atoms with Gasteiger partial charge in [0.2, 0.25) is 0 Å². The van der Waals surface area contributed by atoms with Crippen LogP contribution >= 0.6 is 0 Å². The molecule has 1 saturated heterocycles. The Morgan fingerprint density at radius 2 is 2.50 bits per heavy atom. The molecule has 0 spiro atoms. The molecule has 6 nitrogen and oxygen atoms in total. The van der Waals surface area contributed by atoms with E-state index in [9.17, 15) is 4.79 Å². The minimum Gasteiger partial charge on any atom is -0.476 e. The molecule has 12 heavy (non-hydrogen) atoms. The lowest BCUT2D eigenvalue weighted by Crippen LogP contribution is -2.44. The Hall–Kier alpha value is -1.43. The van der Waals surface area contributed by atoms with Gasteiger partial charge in [0, 0.05) is 13.1 Å². The summed E-state index contributed by atoms with van der Waals surface area (Å²) < 4.78 is 1.44. The number of aromatic nitrogens is 3. The Balaban J connectivity index is 2.29. The van der Waals surface area contributed by atoms with Crippen molar-refractivity contribution in [2.24, 2.45) is 0 Å². The fraction of sp³-hybridized carbons (Fsp3) is 0.500. The molecule has 1 aliphatic rings. The van der Waals surface area contributed by atoms with Gasteiger partial charge in [0.15, 0.2) is 5.69 Å². The molecule has 1 aromatic heterocycles. The van der Waals surface area contributed by atoms with E-state index >= 15 is 0 Å². The molecule has 1 aliphatic heterocycles. The second-order valence-corrected chi connectivity index (χ2v) is 2.68. The van der Waals surface area contributed by atoms with Crippen LogP contribution in [0.2, 0.25) is 0 Å². The number of nitrogens with one attached hydrogen (secondary N) is 1. The third-order valence-electron chi connectivity index (χ3n) is 1.90. The van der Waals surface area contributed by atoms with Crippen molar-refractivity contribution in [2.75, 3.05) is 13.1 Å². The summed E-state index contributed by atoms with van der Waals surface area (Å²) in [7, 11) is 0. The van der Waals surface area contributed by atoms with Crippen molar-refractivity contribution in [1.29, 1.82) is 0 Å². The van der Waals surface area contributed by atoms with Crippen LogP contribution in [-0.2, 0) is 0 Å². The van der Waals surface area contributed by atoms with Crippen molar-refractivity contribution >= 4 is 5.97 Å². The molecule has 2 heterocycles. The Labute approximate surface area is 68.2 Å². The fourth-order valence-electron chi connectivity index (χ4n) is 1.11. The van der Waals surface area contributed by atoms with Gasteiger partial charge in [0.25, 0.3) is 0 Å². The maximum atomic E-state index is 10.6. The third kappa shape index (κ3) is 0.964. The third-order valence-corrected chi connectivity index (χ3v) is 1.90. The smallest absolute Gasteiger partial charge is 0.355 e. The Morgan fingerprint density at radius 1 is 1.75 bits per heavy atom. The topological polar surface area (TPSA) is 80.0 Å². The van der Waals surface area contributed by atoms with Crippen LogP contribution in [0.5, 0.6) is 0 Å². The van der Waals surface area contributed by atoms with E-state index in [4.69, 9.17) is 5.11 Å². The van der Waals surface area contributed by atoms with Gasteiger partial charge in [0.1, 0.15) is 0 Å². The molecule has 1 fully saturated rings. The highest BCUT2D eigenvalue weighted by Gasteiger charge is 2.24. The molecule has 0 saturated carbocycles. The van der Waals surface area contributed by atoms with Gasteiger partial charge in [-0.1, -0.05) is 5.21 Å². The summed E-state index contributed by atoms with van der Waals surface area (Å²) in [5.74, 6) is -0.980. The number of carboxylic acids is 1. The van der Waals surface area contributed by atoms with E-state index < -0.39 is 5.97 Å². The molecular weight excluding hydrogens is 160 g/mol. The van der Waals surface area contributed by atoms with Crippen molar-refractivity contribution in [3.05, 3.63) is 11.9 Å². The number of carbonyl (C=O) groups is 1. The molecule has 0 bridgehead atoms. The molecule has 2 rings (SSSR count). The Bertz CT molecular complexity index is 304. The zero-order valence-electron chi connectivity index (χ0n) is 6.27. The molecule has 1 aromatic rings. The summed E-state index contributed by atoms with van der Waals surface area (Å²) in [5, 5.41) is 19.0. The Kier molecular flexibility index (Phi) is 1.54. The van der Waals surface area contributed by atoms with Crippen LogP contribution < -0.4 is 5.32 Å². The average molecular weight is 168 g/mol. The second kappa shape index (κ2) is 2.56. The van der Waals surface area contributed by atoms with E-state index in [1.807, 2.05) is 0 Å². The SMILES string of the molecule is O=C(O)c1cnnn1C1CNC1. The van der Waals surface area contributed by atoms with Crippen molar-refractivity contribution in [3.63, 3.8) is 0 Å². The highest BCUT2D eigenvalue weighted by Crippen LogP contribution is 2.11.